The molecule has 0 bridgehead atoms. The van der Waals surface area contributed by atoms with Crippen molar-refractivity contribution >= 4 is 28.2 Å². The highest BCUT2D eigenvalue weighted by Crippen LogP contribution is 2.21. The number of anilines is 1. The molecule has 0 aliphatic heterocycles. The molecular formula is C12H9ClN2. The topological polar surface area (TPSA) is 38.9 Å². The first-order valence-electron chi connectivity index (χ1n) is 4.51. The third kappa shape index (κ3) is 1.88. The molecule has 1 heterocycles. The first-order chi connectivity index (χ1) is 7.33. The van der Waals surface area contributed by atoms with Gasteiger partial charge in [-0.2, -0.15) is 0 Å². The van der Waals surface area contributed by atoms with Gasteiger partial charge in [-0.15, -0.1) is 11.6 Å². The number of aromatic nitrogens is 1. The molecule has 1 aromatic heterocycles. The molecule has 0 atom stereocenters. The summed E-state index contributed by atoms with van der Waals surface area (Å²) in [5, 5.41) is 1.95. The molecule has 0 amide bonds. The maximum absolute atomic E-state index is 5.77. The minimum atomic E-state index is 0.318. The van der Waals surface area contributed by atoms with Gasteiger partial charge >= 0.3 is 0 Å². The van der Waals surface area contributed by atoms with Gasteiger partial charge in [0.2, 0.25) is 0 Å². The van der Waals surface area contributed by atoms with Crippen LogP contribution in [-0.2, 0) is 0 Å². The van der Waals surface area contributed by atoms with Gasteiger partial charge in [-0.3, -0.25) is 0 Å². The van der Waals surface area contributed by atoms with Gasteiger partial charge < -0.3 is 5.73 Å². The average molecular weight is 217 g/mol. The first kappa shape index (κ1) is 9.82. The zero-order chi connectivity index (χ0) is 10.7. The Labute approximate surface area is 93.1 Å². The molecule has 0 aliphatic rings. The summed E-state index contributed by atoms with van der Waals surface area (Å²) in [5.41, 5.74) is 6.63. The van der Waals surface area contributed by atoms with Gasteiger partial charge in [0.15, 0.2) is 0 Å². The number of pyridine rings is 1. The molecule has 74 valence electrons. The Kier molecular flexibility index (Phi) is 2.75. The van der Waals surface area contributed by atoms with E-state index in [-0.39, 0.29) is 0 Å². The second kappa shape index (κ2) is 4.20. The van der Waals surface area contributed by atoms with Crippen molar-refractivity contribution in [2.24, 2.45) is 0 Å². The molecule has 2 nitrogen and oxygen atoms in total. The van der Waals surface area contributed by atoms with Crippen LogP contribution < -0.4 is 5.73 Å². The lowest BCUT2D eigenvalue weighted by Crippen LogP contribution is -1.93. The summed E-state index contributed by atoms with van der Waals surface area (Å²) in [4.78, 5) is 4.09. The molecule has 0 saturated carbocycles. The Morgan fingerprint density at radius 1 is 1.27 bits per heavy atom. The molecule has 15 heavy (non-hydrogen) atoms. The summed E-state index contributed by atoms with van der Waals surface area (Å²) in [6.07, 6.45) is 1.68. The zero-order valence-corrected chi connectivity index (χ0v) is 8.75. The second-order valence-electron chi connectivity index (χ2n) is 3.04. The van der Waals surface area contributed by atoms with Gasteiger partial charge in [-0.25, -0.2) is 4.98 Å². The van der Waals surface area contributed by atoms with Crippen LogP contribution >= 0.6 is 11.6 Å². The Hall–Kier alpha value is -1.72. The summed E-state index contributed by atoms with van der Waals surface area (Å²) in [7, 11) is 0. The fraction of sp³-hybridized carbons (Fsp3) is 0.0833. The third-order valence-electron chi connectivity index (χ3n) is 2.12. The van der Waals surface area contributed by atoms with E-state index in [1.807, 2.05) is 24.3 Å². The van der Waals surface area contributed by atoms with Crippen LogP contribution in [0.3, 0.4) is 0 Å². The van der Waals surface area contributed by atoms with Crippen molar-refractivity contribution in [1.29, 1.82) is 0 Å². The standard InChI is InChI=1S/C12H9ClN2/c13-7-3-4-9-8-15-12(14)11-6-2-1-5-10(9)11/h1-2,5-6,8H,7H2,(H2,14,15). The van der Waals surface area contributed by atoms with Crippen molar-refractivity contribution in [1.82, 2.24) is 4.98 Å². The number of hydrogen-bond acceptors (Lipinski definition) is 2. The van der Waals surface area contributed by atoms with Gasteiger partial charge in [0, 0.05) is 17.0 Å². The van der Waals surface area contributed by atoms with E-state index < -0.39 is 0 Å². The van der Waals surface area contributed by atoms with Gasteiger partial charge in [0.25, 0.3) is 0 Å². The highest BCUT2D eigenvalue weighted by Gasteiger charge is 2.01. The molecule has 0 fully saturated rings. The van der Waals surface area contributed by atoms with E-state index in [0.29, 0.717) is 11.7 Å². The van der Waals surface area contributed by atoms with Crippen LogP contribution in [0, 0.1) is 11.8 Å². The lowest BCUT2D eigenvalue weighted by molar-refractivity contribution is 1.35. The predicted octanol–water partition coefficient (Wildman–Crippen LogP) is 2.41. The Morgan fingerprint density at radius 3 is 2.73 bits per heavy atom. The number of hydrogen-bond donors (Lipinski definition) is 1. The number of fused-ring (bicyclic) bond motifs is 1. The summed E-state index contributed by atoms with van der Waals surface area (Å²) >= 11 is 5.52. The van der Waals surface area contributed by atoms with E-state index in [1.165, 1.54) is 0 Å². The highest BCUT2D eigenvalue weighted by atomic mass is 35.5. The molecule has 0 saturated heterocycles. The Bertz CT molecular complexity index is 552. The monoisotopic (exact) mass is 216 g/mol. The summed E-state index contributed by atoms with van der Waals surface area (Å²) in [6, 6.07) is 7.79. The summed E-state index contributed by atoms with van der Waals surface area (Å²) in [5.74, 6) is 6.62. The van der Waals surface area contributed by atoms with E-state index >= 15 is 0 Å². The van der Waals surface area contributed by atoms with E-state index in [9.17, 15) is 0 Å². The van der Waals surface area contributed by atoms with E-state index in [2.05, 4.69) is 16.8 Å². The fourth-order valence-electron chi connectivity index (χ4n) is 1.44. The van der Waals surface area contributed by atoms with Crippen LogP contribution in [0.15, 0.2) is 30.5 Å². The SMILES string of the molecule is Nc1ncc(C#CCCl)c2ccccc12. The number of rotatable bonds is 0. The Morgan fingerprint density at radius 2 is 2.00 bits per heavy atom. The fourth-order valence-corrected chi connectivity index (χ4v) is 1.51. The first-order valence-corrected chi connectivity index (χ1v) is 5.04. The molecule has 0 aliphatic carbocycles. The molecule has 0 unspecified atom stereocenters. The van der Waals surface area contributed by atoms with Gasteiger partial charge in [-0.1, -0.05) is 36.1 Å². The molecule has 2 N–H and O–H groups in total. The number of alkyl halides is 1. The maximum atomic E-state index is 5.77. The zero-order valence-electron chi connectivity index (χ0n) is 8.00. The van der Waals surface area contributed by atoms with Crippen molar-refractivity contribution in [3.05, 3.63) is 36.0 Å². The number of nitrogens with zero attached hydrogens (tertiary/aromatic N) is 1. The van der Waals surface area contributed by atoms with E-state index in [4.69, 9.17) is 17.3 Å². The predicted molar refractivity (Wildman–Crippen MR) is 63.8 cm³/mol. The lowest BCUT2D eigenvalue weighted by atomic mass is 10.1. The van der Waals surface area contributed by atoms with Crippen molar-refractivity contribution in [2.45, 2.75) is 0 Å². The minimum absolute atomic E-state index is 0.318. The quantitative estimate of drug-likeness (QED) is 0.543. The summed E-state index contributed by atoms with van der Waals surface area (Å²) < 4.78 is 0. The molecule has 2 aromatic rings. The van der Waals surface area contributed by atoms with Crippen LogP contribution in [0.25, 0.3) is 10.8 Å². The largest absolute Gasteiger partial charge is 0.383 e. The molecule has 0 spiro atoms. The van der Waals surface area contributed by atoms with Crippen molar-refractivity contribution in [3.8, 4) is 11.8 Å². The van der Waals surface area contributed by atoms with Crippen LogP contribution in [0.4, 0.5) is 5.82 Å². The van der Waals surface area contributed by atoms with E-state index in [0.717, 1.165) is 16.3 Å². The van der Waals surface area contributed by atoms with Crippen LogP contribution in [0.2, 0.25) is 0 Å². The second-order valence-corrected chi connectivity index (χ2v) is 3.31. The molecule has 1 aromatic carbocycles. The van der Waals surface area contributed by atoms with Gasteiger partial charge in [0.1, 0.15) is 5.82 Å². The minimum Gasteiger partial charge on any atom is -0.383 e. The van der Waals surface area contributed by atoms with Gasteiger partial charge in [0.05, 0.1) is 11.4 Å². The van der Waals surface area contributed by atoms with Gasteiger partial charge in [-0.05, 0) is 0 Å². The molecule has 3 heteroatoms. The maximum Gasteiger partial charge on any atom is 0.131 e. The number of benzene rings is 1. The van der Waals surface area contributed by atoms with Crippen molar-refractivity contribution in [2.75, 3.05) is 11.6 Å². The lowest BCUT2D eigenvalue weighted by Gasteiger charge is -2.02. The van der Waals surface area contributed by atoms with E-state index in [1.54, 1.807) is 6.20 Å². The molecule has 0 radical (unpaired) electrons. The number of nitrogen functional groups attached to an aromatic ring is 1. The van der Waals surface area contributed by atoms with Crippen LogP contribution in [0.5, 0.6) is 0 Å². The number of halogens is 1. The molecule has 2 rings (SSSR count). The molecular weight excluding hydrogens is 208 g/mol. The van der Waals surface area contributed by atoms with Crippen LogP contribution in [0.1, 0.15) is 5.56 Å². The number of nitrogens with two attached hydrogens (primary N) is 1. The smallest absolute Gasteiger partial charge is 0.131 e. The third-order valence-corrected chi connectivity index (χ3v) is 2.25. The van der Waals surface area contributed by atoms with Crippen molar-refractivity contribution < 1.29 is 0 Å². The summed E-state index contributed by atoms with van der Waals surface area (Å²) in [6.45, 7) is 0. The average Bonchev–Trinajstić information content (AvgIpc) is 2.29. The highest BCUT2D eigenvalue weighted by molar-refractivity contribution is 6.19. The van der Waals surface area contributed by atoms with Crippen LogP contribution in [-0.4, -0.2) is 10.9 Å². The normalized spacial score (nSPS) is 9.67. The van der Waals surface area contributed by atoms with Crippen molar-refractivity contribution in [3.63, 3.8) is 0 Å². The Balaban J connectivity index is 2.72.